The van der Waals surface area contributed by atoms with Gasteiger partial charge in [0.1, 0.15) is 0 Å². The highest BCUT2D eigenvalue weighted by Crippen LogP contribution is 2.32. The molecule has 1 amide bonds. The highest BCUT2D eigenvalue weighted by atomic mass is 16.7. The highest BCUT2D eigenvalue weighted by Gasteiger charge is 2.18. The Hall–Kier alpha value is -3.81. The summed E-state index contributed by atoms with van der Waals surface area (Å²) >= 11 is 0. The quantitative estimate of drug-likeness (QED) is 0.545. The maximum Gasteiger partial charge on any atom is 0.338 e. The molecule has 1 aliphatic heterocycles. The maximum atomic E-state index is 12.6. The summed E-state index contributed by atoms with van der Waals surface area (Å²) in [6.07, 6.45) is 1.71. The maximum absolute atomic E-state index is 12.6. The van der Waals surface area contributed by atoms with Crippen LogP contribution in [0, 0.1) is 6.92 Å². The van der Waals surface area contributed by atoms with Gasteiger partial charge in [-0.1, -0.05) is 6.07 Å². The van der Waals surface area contributed by atoms with Crippen LogP contribution in [0.3, 0.4) is 0 Å². The molecule has 0 N–H and O–H groups in total. The van der Waals surface area contributed by atoms with Gasteiger partial charge in [-0.05, 0) is 61.9 Å². The van der Waals surface area contributed by atoms with Crippen molar-refractivity contribution in [3.8, 4) is 17.2 Å². The summed E-state index contributed by atoms with van der Waals surface area (Å²) in [6, 6.07) is 14.4. The topological polar surface area (TPSA) is 82.9 Å². The number of hydrogen-bond acceptors (Lipinski definition) is 6. The van der Waals surface area contributed by atoms with E-state index in [0.717, 1.165) is 16.9 Å². The van der Waals surface area contributed by atoms with Crippen LogP contribution in [0.1, 0.15) is 28.5 Å². The van der Waals surface area contributed by atoms with Gasteiger partial charge >= 0.3 is 5.97 Å². The van der Waals surface area contributed by atoms with Gasteiger partial charge in [-0.15, -0.1) is 0 Å². The van der Waals surface area contributed by atoms with Crippen molar-refractivity contribution in [1.82, 2.24) is 14.7 Å². The Morgan fingerprint density at radius 3 is 2.58 bits per heavy atom. The molecule has 0 radical (unpaired) electrons. The lowest BCUT2D eigenvalue weighted by atomic mass is 10.2. The number of carbonyl (C=O) groups excluding carboxylic acids is 2. The molecule has 4 rings (SSSR count). The van der Waals surface area contributed by atoms with Crippen LogP contribution >= 0.6 is 0 Å². The zero-order valence-corrected chi connectivity index (χ0v) is 17.4. The van der Waals surface area contributed by atoms with Gasteiger partial charge < -0.3 is 19.1 Å². The van der Waals surface area contributed by atoms with Crippen molar-refractivity contribution in [2.75, 3.05) is 19.9 Å². The number of fused-ring (bicyclic) bond motifs is 1. The molecule has 0 atom stereocenters. The van der Waals surface area contributed by atoms with E-state index >= 15 is 0 Å². The third-order valence-corrected chi connectivity index (χ3v) is 5.05. The molecule has 3 aromatic rings. The molecular formula is C23H23N3O5. The summed E-state index contributed by atoms with van der Waals surface area (Å²) in [7, 11) is 0. The number of rotatable bonds is 7. The van der Waals surface area contributed by atoms with Crippen molar-refractivity contribution in [1.29, 1.82) is 0 Å². The number of hydrogen-bond donors (Lipinski definition) is 0. The molecule has 8 nitrogen and oxygen atoms in total. The Morgan fingerprint density at radius 2 is 1.87 bits per heavy atom. The molecule has 160 valence electrons. The average Bonchev–Trinajstić information content (AvgIpc) is 3.44. The number of nitrogens with zero attached hydrogens (tertiary/aromatic N) is 3. The minimum atomic E-state index is -0.545. The van der Waals surface area contributed by atoms with E-state index < -0.39 is 5.97 Å². The van der Waals surface area contributed by atoms with Crippen LogP contribution in [0.2, 0.25) is 0 Å². The smallest absolute Gasteiger partial charge is 0.338 e. The molecule has 0 aliphatic carbocycles. The molecule has 0 spiro atoms. The first-order chi connectivity index (χ1) is 15.0. The molecule has 0 saturated carbocycles. The number of amides is 1. The first kappa shape index (κ1) is 20.5. The zero-order chi connectivity index (χ0) is 21.8. The summed E-state index contributed by atoms with van der Waals surface area (Å²) in [6.45, 7) is 4.58. The summed E-state index contributed by atoms with van der Waals surface area (Å²) < 4.78 is 17.7. The predicted octanol–water partition coefficient (Wildman–Crippen LogP) is 3.11. The lowest BCUT2D eigenvalue weighted by Crippen LogP contribution is -2.34. The summed E-state index contributed by atoms with van der Waals surface area (Å²) in [5, 5.41) is 4.24. The fourth-order valence-corrected chi connectivity index (χ4v) is 3.32. The van der Waals surface area contributed by atoms with E-state index in [4.69, 9.17) is 14.2 Å². The van der Waals surface area contributed by atoms with Gasteiger partial charge in [0.05, 0.1) is 11.3 Å². The third-order valence-electron chi connectivity index (χ3n) is 5.05. The first-order valence-corrected chi connectivity index (χ1v) is 9.99. The number of carbonyl (C=O) groups is 2. The molecule has 2 heterocycles. The second kappa shape index (κ2) is 8.91. The van der Waals surface area contributed by atoms with E-state index in [1.54, 1.807) is 40.0 Å². The van der Waals surface area contributed by atoms with Crippen LogP contribution in [-0.2, 0) is 16.1 Å². The van der Waals surface area contributed by atoms with Crippen LogP contribution in [0.4, 0.5) is 0 Å². The minimum absolute atomic E-state index is 0.202. The molecular weight excluding hydrogens is 398 g/mol. The van der Waals surface area contributed by atoms with Crippen LogP contribution in [0.25, 0.3) is 5.69 Å². The number of aryl methyl sites for hydroxylation is 1. The van der Waals surface area contributed by atoms with Gasteiger partial charge in [0, 0.05) is 25.0 Å². The number of benzene rings is 2. The monoisotopic (exact) mass is 421 g/mol. The van der Waals surface area contributed by atoms with Crippen LogP contribution in [0.15, 0.2) is 54.7 Å². The third kappa shape index (κ3) is 4.53. The van der Waals surface area contributed by atoms with Crippen molar-refractivity contribution < 1.29 is 23.8 Å². The first-order valence-electron chi connectivity index (χ1n) is 9.99. The Morgan fingerprint density at radius 1 is 1.10 bits per heavy atom. The lowest BCUT2D eigenvalue weighted by molar-refractivity contribution is -0.134. The van der Waals surface area contributed by atoms with Crippen LogP contribution < -0.4 is 9.47 Å². The SMILES string of the molecule is CCN(Cc1ccc2c(c1)OCO2)C(=O)COC(=O)c1ccc(-n2nccc2C)cc1. The Kier molecular flexibility index (Phi) is 5.88. The zero-order valence-electron chi connectivity index (χ0n) is 17.4. The fraction of sp³-hybridized carbons (Fsp3) is 0.261. The van der Waals surface area contributed by atoms with Gasteiger partial charge in [0.2, 0.25) is 6.79 Å². The van der Waals surface area contributed by atoms with Crippen LogP contribution in [-0.4, -0.2) is 46.5 Å². The Balaban J connectivity index is 1.33. The van der Waals surface area contributed by atoms with Gasteiger partial charge in [-0.3, -0.25) is 4.79 Å². The Labute approximate surface area is 179 Å². The van der Waals surface area contributed by atoms with Gasteiger partial charge in [0.15, 0.2) is 18.1 Å². The van der Waals surface area contributed by atoms with E-state index in [9.17, 15) is 9.59 Å². The second-order valence-corrected chi connectivity index (χ2v) is 7.10. The summed E-state index contributed by atoms with van der Waals surface area (Å²) in [4.78, 5) is 26.6. The summed E-state index contributed by atoms with van der Waals surface area (Å²) in [5.74, 6) is 0.551. The van der Waals surface area contributed by atoms with E-state index in [1.807, 2.05) is 38.1 Å². The molecule has 0 bridgehead atoms. The van der Waals surface area contributed by atoms with E-state index in [2.05, 4.69) is 5.10 Å². The number of esters is 1. The molecule has 1 aromatic heterocycles. The van der Waals surface area contributed by atoms with Crippen molar-refractivity contribution in [2.45, 2.75) is 20.4 Å². The van der Waals surface area contributed by atoms with Gasteiger partial charge in [-0.2, -0.15) is 5.10 Å². The molecule has 1 aliphatic rings. The summed E-state index contributed by atoms with van der Waals surface area (Å²) in [5.41, 5.74) is 3.12. The van der Waals surface area contributed by atoms with E-state index in [-0.39, 0.29) is 19.3 Å². The largest absolute Gasteiger partial charge is 0.454 e. The molecule has 31 heavy (non-hydrogen) atoms. The minimum Gasteiger partial charge on any atom is -0.454 e. The van der Waals surface area contributed by atoms with Crippen molar-refractivity contribution in [3.63, 3.8) is 0 Å². The molecule has 8 heteroatoms. The Bertz CT molecular complexity index is 1090. The highest BCUT2D eigenvalue weighted by molar-refractivity contribution is 5.91. The molecule has 2 aromatic carbocycles. The molecule has 0 saturated heterocycles. The lowest BCUT2D eigenvalue weighted by Gasteiger charge is -2.21. The fourth-order valence-electron chi connectivity index (χ4n) is 3.32. The molecule has 0 fully saturated rings. The number of aromatic nitrogens is 2. The van der Waals surface area contributed by atoms with Gasteiger partial charge in [-0.25, -0.2) is 9.48 Å². The normalized spacial score (nSPS) is 11.9. The van der Waals surface area contributed by atoms with Crippen molar-refractivity contribution in [2.24, 2.45) is 0 Å². The molecule has 0 unspecified atom stereocenters. The number of ether oxygens (including phenoxy) is 3. The van der Waals surface area contributed by atoms with E-state index in [1.165, 1.54) is 0 Å². The number of likely N-dealkylation sites (N-methyl/N-ethyl adjacent to an activating group) is 1. The second-order valence-electron chi connectivity index (χ2n) is 7.10. The van der Waals surface area contributed by atoms with Crippen molar-refractivity contribution in [3.05, 3.63) is 71.5 Å². The average molecular weight is 421 g/mol. The van der Waals surface area contributed by atoms with Crippen molar-refractivity contribution >= 4 is 11.9 Å². The van der Waals surface area contributed by atoms with Crippen LogP contribution in [0.5, 0.6) is 11.5 Å². The predicted molar refractivity (Wildman–Crippen MR) is 112 cm³/mol. The van der Waals surface area contributed by atoms with E-state index in [0.29, 0.717) is 30.2 Å². The van der Waals surface area contributed by atoms with Gasteiger partial charge in [0.25, 0.3) is 5.91 Å². The standard InChI is InChI=1S/C23H23N3O5/c1-3-25(13-17-4-9-20-21(12-17)31-15-30-20)22(27)14-29-23(28)18-5-7-19(8-6-18)26-16(2)10-11-24-26/h4-12H,3,13-15H2,1-2H3.